The molecule has 9 heteroatoms. The molecule has 1 aromatic heterocycles. The molecule has 2 aromatic rings. The molecular formula is C20H23N3O5S. The zero-order chi connectivity index (χ0) is 20.4. The van der Waals surface area contributed by atoms with Crippen molar-refractivity contribution in [3.8, 4) is 11.5 Å². The summed E-state index contributed by atoms with van der Waals surface area (Å²) in [6.45, 7) is 3.99. The lowest BCUT2D eigenvalue weighted by Gasteiger charge is -2.34. The highest BCUT2D eigenvalue weighted by atomic mass is 32.2. The fourth-order valence-electron chi connectivity index (χ4n) is 3.40. The van der Waals surface area contributed by atoms with Crippen molar-refractivity contribution in [2.24, 2.45) is 0 Å². The molecule has 29 heavy (non-hydrogen) atoms. The number of aromatic nitrogens is 1. The number of ether oxygens (including phenoxy) is 2. The lowest BCUT2D eigenvalue weighted by molar-refractivity contribution is -0.131. The molecule has 0 N–H and O–H groups in total. The number of hydrogen-bond acceptors (Lipinski definition) is 6. The smallest absolute Gasteiger partial charge is 0.243 e. The minimum atomic E-state index is -3.66. The van der Waals surface area contributed by atoms with E-state index in [1.54, 1.807) is 17.2 Å². The number of fused-ring (bicyclic) bond motifs is 1. The van der Waals surface area contributed by atoms with Gasteiger partial charge in [0.05, 0.1) is 11.3 Å². The Morgan fingerprint density at radius 3 is 2.45 bits per heavy atom. The summed E-state index contributed by atoms with van der Waals surface area (Å²) in [5.41, 5.74) is 1.76. The van der Waals surface area contributed by atoms with Crippen LogP contribution in [0.1, 0.15) is 11.3 Å². The number of hydrogen-bond donors (Lipinski definition) is 0. The van der Waals surface area contributed by atoms with Gasteiger partial charge in [0.2, 0.25) is 15.9 Å². The van der Waals surface area contributed by atoms with Crippen molar-refractivity contribution >= 4 is 15.9 Å². The molecule has 0 aliphatic carbocycles. The normalized spacial score (nSPS) is 17.2. The highest BCUT2D eigenvalue weighted by molar-refractivity contribution is 7.89. The van der Waals surface area contributed by atoms with Gasteiger partial charge in [-0.05, 0) is 30.7 Å². The number of nitrogens with zero attached hydrogens (tertiary/aromatic N) is 3. The first kappa shape index (κ1) is 19.7. The number of carbonyl (C=O) groups is 1. The Hall–Kier alpha value is -2.65. The van der Waals surface area contributed by atoms with Crippen molar-refractivity contribution in [1.29, 1.82) is 0 Å². The highest BCUT2D eigenvalue weighted by Crippen LogP contribution is 2.33. The third-order valence-corrected chi connectivity index (χ3v) is 6.97. The lowest BCUT2D eigenvalue weighted by atomic mass is 10.1. The standard InChI is InChI=1S/C20H23N3O5S/c1-15-2-3-16(14-21-15)12-20(24)22-6-8-23(9-7-22)29(25,26)17-4-5-18-19(13-17)28-11-10-27-18/h2-5,13-14H,6-12H2,1H3. The van der Waals surface area contributed by atoms with E-state index in [0.717, 1.165) is 11.3 Å². The van der Waals surface area contributed by atoms with E-state index in [1.165, 1.54) is 16.4 Å². The fraction of sp³-hybridized carbons (Fsp3) is 0.400. The van der Waals surface area contributed by atoms with E-state index in [4.69, 9.17) is 9.47 Å². The molecule has 0 bridgehead atoms. The molecule has 1 saturated heterocycles. The number of amides is 1. The summed E-state index contributed by atoms with van der Waals surface area (Å²) in [6.07, 6.45) is 1.97. The summed E-state index contributed by atoms with van der Waals surface area (Å²) in [6, 6.07) is 8.43. The number of benzene rings is 1. The van der Waals surface area contributed by atoms with E-state index in [0.29, 0.717) is 37.8 Å². The van der Waals surface area contributed by atoms with Crippen LogP contribution in [0.2, 0.25) is 0 Å². The Balaban J connectivity index is 1.39. The minimum Gasteiger partial charge on any atom is -0.486 e. The van der Waals surface area contributed by atoms with Crippen molar-refractivity contribution in [2.75, 3.05) is 39.4 Å². The molecular weight excluding hydrogens is 394 g/mol. The summed E-state index contributed by atoms with van der Waals surface area (Å²) in [4.78, 5) is 18.6. The predicted octanol–water partition coefficient (Wildman–Crippen LogP) is 1.24. The van der Waals surface area contributed by atoms with Crippen LogP contribution in [-0.2, 0) is 21.2 Å². The van der Waals surface area contributed by atoms with Crippen LogP contribution in [0, 0.1) is 6.92 Å². The van der Waals surface area contributed by atoms with E-state index in [-0.39, 0.29) is 30.3 Å². The Morgan fingerprint density at radius 2 is 1.76 bits per heavy atom. The first-order valence-corrected chi connectivity index (χ1v) is 11.0. The number of aryl methyl sites for hydroxylation is 1. The molecule has 2 aliphatic heterocycles. The van der Waals surface area contributed by atoms with Crippen LogP contribution in [0.4, 0.5) is 0 Å². The fourth-order valence-corrected chi connectivity index (χ4v) is 4.84. The topological polar surface area (TPSA) is 89.0 Å². The number of sulfonamides is 1. The second-order valence-corrected chi connectivity index (χ2v) is 9.01. The number of piperazine rings is 1. The quantitative estimate of drug-likeness (QED) is 0.744. The minimum absolute atomic E-state index is 0.0213. The molecule has 0 saturated carbocycles. The van der Waals surface area contributed by atoms with Crippen LogP contribution in [0.25, 0.3) is 0 Å². The van der Waals surface area contributed by atoms with Crippen LogP contribution in [0.3, 0.4) is 0 Å². The average molecular weight is 417 g/mol. The molecule has 0 radical (unpaired) electrons. The van der Waals surface area contributed by atoms with Crippen molar-refractivity contribution in [3.63, 3.8) is 0 Å². The van der Waals surface area contributed by atoms with Crippen molar-refractivity contribution in [2.45, 2.75) is 18.2 Å². The van der Waals surface area contributed by atoms with E-state index in [9.17, 15) is 13.2 Å². The van der Waals surface area contributed by atoms with Crippen LogP contribution in [0.5, 0.6) is 11.5 Å². The summed E-state index contributed by atoms with van der Waals surface area (Å²) in [7, 11) is -3.66. The predicted molar refractivity (Wildman–Crippen MR) is 105 cm³/mol. The zero-order valence-electron chi connectivity index (χ0n) is 16.2. The van der Waals surface area contributed by atoms with Crippen molar-refractivity contribution in [3.05, 3.63) is 47.8 Å². The van der Waals surface area contributed by atoms with Gasteiger partial charge in [0.25, 0.3) is 0 Å². The summed E-state index contributed by atoms with van der Waals surface area (Å²) in [5, 5.41) is 0. The molecule has 0 unspecified atom stereocenters. The van der Waals surface area contributed by atoms with Crippen LogP contribution < -0.4 is 9.47 Å². The van der Waals surface area contributed by atoms with Gasteiger partial charge in [-0.1, -0.05) is 6.07 Å². The summed E-state index contributed by atoms with van der Waals surface area (Å²) >= 11 is 0. The molecule has 154 valence electrons. The molecule has 1 amide bonds. The van der Waals surface area contributed by atoms with E-state index in [2.05, 4.69) is 4.98 Å². The van der Waals surface area contributed by atoms with Gasteiger partial charge in [-0.2, -0.15) is 4.31 Å². The summed E-state index contributed by atoms with van der Waals surface area (Å²) in [5.74, 6) is 0.973. The number of rotatable bonds is 4. The summed E-state index contributed by atoms with van der Waals surface area (Å²) < 4.78 is 38.3. The Morgan fingerprint density at radius 1 is 1.03 bits per heavy atom. The highest BCUT2D eigenvalue weighted by Gasteiger charge is 2.31. The molecule has 8 nitrogen and oxygen atoms in total. The van der Waals surface area contributed by atoms with Gasteiger partial charge >= 0.3 is 0 Å². The average Bonchev–Trinajstić information content (AvgIpc) is 2.75. The molecule has 1 fully saturated rings. The van der Waals surface area contributed by atoms with Gasteiger partial charge < -0.3 is 14.4 Å². The number of carbonyl (C=O) groups excluding carboxylic acids is 1. The zero-order valence-corrected chi connectivity index (χ0v) is 17.0. The van der Waals surface area contributed by atoms with Crippen molar-refractivity contribution < 1.29 is 22.7 Å². The maximum absolute atomic E-state index is 13.0. The van der Waals surface area contributed by atoms with Gasteiger partial charge in [0.15, 0.2) is 11.5 Å². The lowest BCUT2D eigenvalue weighted by Crippen LogP contribution is -2.50. The van der Waals surface area contributed by atoms with Crippen LogP contribution in [0.15, 0.2) is 41.4 Å². The van der Waals surface area contributed by atoms with Gasteiger partial charge in [-0.3, -0.25) is 9.78 Å². The Bertz CT molecular complexity index is 999. The van der Waals surface area contributed by atoms with E-state index in [1.807, 2.05) is 19.1 Å². The van der Waals surface area contributed by atoms with Crippen LogP contribution in [-0.4, -0.2) is 67.9 Å². The molecule has 4 rings (SSSR count). The SMILES string of the molecule is Cc1ccc(CC(=O)N2CCN(S(=O)(=O)c3ccc4c(c3)OCCO4)CC2)cn1. The van der Waals surface area contributed by atoms with E-state index < -0.39 is 10.0 Å². The second kappa shape index (κ2) is 8.00. The molecule has 3 heterocycles. The Labute approximate surface area is 170 Å². The maximum Gasteiger partial charge on any atom is 0.243 e. The number of pyridine rings is 1. The first-order chi connectivity index (χ1) is 13.9. The Kier molecular flexibility index (Phi) is 5.42. The molecule has 0 atom stereocenters. The molecule has 1 aromatic carbocycles. The van der Waals surface area contributed by atoms with Gasteiger partial charge in [-0.15, -0.1) is 0 Å². The second-order valence-electron chi connectivity index (χ2n) is 7.07. The van der Waals surface area contributed by atoms with Gasteiger partial charge in [-0.25, -0.2) is 8.42 Å². The molecule has 0 spiro atoms. The van der Waals surface area contributed by atoms with Crippen molar-refractivity contribution in [1.82, 2.24) is 14.2 Å². The monoisotopic (exact) mass is 417 g/mol. The maximum atomic E-state index is 13.0. The first-order valence-electron chi connectivity index (χ1n) is 9.52. The molecule has 2 aliphatic rings. The van der Waals surface area contributed by atoms with Crippen LogP contribution >= 0.6 is 0 Å². The van der Waals surface area contributed by atoms with E-state index >= 15 is 0 Å². The van der Waals surface area contributed by atoms with Gasteiger partial charge in [0, 0.05) is 44.1 Å². The largest absolute Gasteiger partial charge is 0.486 e. The van der Waals surface area contributed by atoms with Gasteiger partial charge in [0.1, 0.15) is 13.2 Å². The third kappa shape index (κ3) is 4.20. The third-order valence-electron chi connectivity index (χ3n) is 5.07.